The van der Waals surface area contributed by atoms with E-state index in [1.807, 2.05) is 13.0 Å². The third-order valence-electron chi connectivity index (χ3n) is 5.19. The normalized spacial score (nSPS) is 17.0. The molecule has 7 nitrogen and oxygen atoms in total. The van der Waals surface area contributed by atoms with Gasteiger partial charge in [0.1, 0.15) is 18.2 Å². The predicted octanol–water partition coefficient (Wildman–Crippen LogP) is 1.96. The van der Waals surface area contributed by atoms with Crippen molar-refractivity contribution in [2.75, 3.05) is 6.61 Å². The van der Waals surface area contributed by atoms with E-state index in [4.69, 9.17) is 10.00 Å². The van der Waals surface area contributed by atoms with E-state index in [0.717, 1.165) is 23.2 Å². The van der Waals surface area contributed by atoms with Crippen molar-refractivity contribution < 1.29 is 13.9 Å². The Morgan fingerprint density at radius 2 is 2.21 bits per heavy atom. The van der Waals surface area contributed by atoms with Crippen molar-refractivity contribution in [2.24, 2.45) is 0 Å². The molecule has 8 heteroatoms. The fraction of sp³-hybridized carbons (Fsp3) is 0.238. The van der Waals surface area contributed by atoms with Crippen LogP contribution in [0.3, 0.4) is 0 Å². The number of fused-ring (bicyclic) bond motifs is 2. The number of halogens is 1. The van der Waals surface area contributed by atoms with Gasteiger partial charge >= 0.3 is 0 Å². The molecule has 0 bridgehead atoms. The van der Waals surface area contributed by atoms with Gasteiger partial charge in [-0.1, -0.05) is 0 Å². The Kier molecular flexibility index (Phi) is 4.59. The molecule has 2 aliphatic rings. The number of rotatable bonds is 3. The predicted molar refractivity (Wildman–Crippen MR) is 103 cm³/mol. The Balaban J connectivity index is 1.57. The molecule has 29 heavy (non-hydrogen) atoms. The molecule has 0 spiro atoms. The second kappa shape index (κ2) is 7.09. The van der Waals surface area contributed by atoms with Crippen LogP contribution in [0.1, 0.15) is 46.5 Å². The van der Waals surface area contributed by atoms with Crippen molar-refractivity contribution in [1.82, 2.24) is 15.6 Å². The number of carbonyl (C=O) groups excluding carboxylic acids is 1. The average molecular weight is 393 g/mol. The molecule has 1 aromatic carbocycles. The SMILES string of the molecule is C[C]1NC=Cc2[nH]c(=O)c(CC(=O)N[C@H]3COc4cc(C#N)cc(F)c43)c(C)c21. The van der Waals surface area contributed by atoms with Crippen LogP contribution in [0, 0.1) is 30.1 Å². The van der Waals surface area contributed by atoms with Gasteiger partial charge in [-0.3, -0.25) is 9.59 Å². The summed E-state index contributed by atoms with van der Waals surface area (Å²) in [4.78, 5) is 27.9. The third kappa shape index (κ3) is 3.25. The Bertz CT molecular complexity index is 1150. The standard InChI is InChI=1S/C21H18FN4O3/c1-10-13(21(28)26-15-3-4-24-11(2)19(10)15)7-18(27)25-16-9-29-17-6-12(8-23)5-14(22)20(16)17/h3-6,16,24H,7,9H2,1-2H3,(H,25,27)(H,26,28)/t16-/m0/s1. The Morgan fingerprint density at radius 3 is 2.97 bits per heavy atom. The summed E-state index contributed by atoms with van der Waals surface area (Å²) >= 11 is 0. The maximum Gasteiger partial charge on any atom is 0.252 e. The fourth-order valence-corrected chi connectivity index (χ4v) is 3.82. The number of nitrogens with zero attached hydrogens (tertiary/aromatic N) is 1. The van der Waals surface area contributed by atoms with E-state index >= 15 is 0 Å². The number of aromatic nitrogens is 1. The number of ether oxygens (including phenoxy) is 1. The molecule has 1 amide bonds. The van der Waals surface area contributed by atoms with Gasteiger partial charge in [-0.2, -0.15) is 5.26 Å². The lowest BCUT2D eigenvalue weighted by Crippen LogP contribution is -2.34. The molecule has 3 N–H and O–H groups in total. The van der Waals surface area contributed by atoms with Crippen LogP contribution >= 0.6 is 0 Å². The molecule has 3 heterocycles. The summed E-state index contributed by atoms with van der Waals surface area (Å²) in [5, 5.41) is 14.8. The lowest BCUT2D eigenvalue weighted by molar-refractivity contribution is -0.121. The van der Waals surface area contributed by atoms with Crippen LogP contribution in [0.5, 0.6) is 5.75 Å². The molecule has 0 fully saturated rings. The van der Waals surface area contributed by atoms with E-state index in [2.05, 4.69) is 15.6 Å². The molecular weight excluding hydrogens is 375 g/mol. The highest BCUT2D eigenvalue weighted by Crippen LogP contribution is 2.35. The van der Waals surface area contributed by atoms with Gasteiger partial charge in [0, 0.05) is 16.8 Å². The molecule has 4 rings (SSSR count). The van der Waals surface area contributed by atoms with Crippen LogP contribution < -0.4 is 20.9 Å². The van der Waals surface area contributed by atoms with Gasteiger partial charge in [0.05, 0.1) is 35.7 Å². The van der Waals surface area contributed by atoms with Gasteiger partial charge in [0.15, 0.2) is 0 Å². The summed E-state index contributed by atoms with van der Waals surface area (Å²) in [6.07, 6.45) is 3.37. The Hall–Kier alpha value is -3.60. The number of amides is 1. The zero-order valence-electron chi connectivity index (χ0n) is 15.9. The van der Waals surface area contributed by atoms with E-state index < -0.39 is 17.8 Å². The van der Waals surface area contributed by atoms with E-state index in [0.29, 0.717) is 11.3 Å². The van der Waals surface area contributed by atoms with Crippen molar-refractivity contribution >= 4 is 12.0 Å². The molecule has 2 aliphatic heterocycles. The molecule has 147 valence electrons. The van der Waals surface area contributed by atoms with Crippen LogP contribution in [0.25, 0.3) is 6.08 Å². The molecule has 0 saturated carbocycles. The Morgan fingerprint density at radius 1 is 1.41 bits per heavy atom. The third-order valence-corrected chi connectivity index (χ3v) is 5.19. The van der Waals surface area contributed by atoms with Crippen molar-refractivity contribution in [2.45, 2.75) is 26.3 Å². The van der Waals surface area contributed by atoms with Crippen LogP contribution in [0.15, 0.2) is 23.1 Å². The zero-order chi connectivity index (χ0) is 20.7. The van der Waals surface area contributed by atoms with Gasteiger partial charge < -0.3 is 20.4 Å². The number of H-pyrrole nitrogens is 1. The topological polar surface area (TPSA) is 107 Å². The number of benzene rings is 1. The van der Waals surface area contributed by atoms with Gasteiger partial charge in [-0.05, 0) is 43.8 Å². The number of hydrogen-bond donors (Lipinski definition) is 3. The molecule has 1 atom stereocenters. The van der Waals surface area contributed by atoms with E-state index in [-0.39, 0.29) is 35.5 Å². The highest BCUT2D eigenvalue weighted by atomic mass is 19.1. The summed E-state index contributed by atoms with van der Waals surface area (Å²) in [7, 11) is 0. The number of carbonyl (C=O) groups is 1. The van der Waals surface area contributed by atoms with Gasteiger partial charge in [0.2, 0.25) is 5.91 Å². The molecule has 0 unspecified atom stereocenters. The highest BCUT2D eigenvalue weighted by Gasteiger charge is 2.30. The quantitative estimate of drug-likeness (QED) is 0.739. The van der Waals surface area contributed by atoms with Crippen molar-refractivity contribution in [3.63, 3.8) is 0 Å². The number of nitrogens with one attached hydrogen (secondary N) is 3. The molecule has 2 aromatic rings. The lowest BCUT2D eigenvalue weighted by Gasteiger charge is -2.22. The number of nitriles is 1. The van der Waals surface area contributed by atoms with Gasteiger partial charge in [-0.15, -0.1) is 0 Å². The minimum Gasteiger partial charge on any atom is -0.491 e. The maximum absolute atomic E-state index is 14.4. The summed E-state index contributed by atoms with van der Waals surface area (Å²) in [6, 6.07) is 4.63. The smallest absolute Gasteiger partial charge is 0.252 e. The molecular formula is C21H18FN4O3. The summed E-state index contributed by atoms with van der Waals surface area (Å²) in [5.74, 6) is -0.772. The number of aromatic amines is 1. The van der Waals surface area contributed by atoms with E-state index in [9.17, 15) is 14.0 Å². The highest BCUT2D eigenvalue weighted by molar-refractivity contribution is 5.80. The second-order valence-corrected chi connectivity index (χ2v) is 7.04. The van der Waals surface area contributed by atoms with Crippen molar-refractivity contribution in [3.05, 3.63) is 74.1 Å². The summed E-state index contributed by atoms with van der Waals surface area (Å²) < 4.78 is 19.8. The van der Waals surface area contributed by atoms with Crippen LogP contribution in [0.4, 0.5) is 4.39 Å². The van der Waals surface area contributed by atoms with Crippen molar-refractivity contribution in [3.8, 4) is 11.8 Å². The van der Waals surface area contributed by atoms with E-state index in [1.54, 1.807) is 19.2 Å². The number of hydrogen-bond acceptors (Lipinski definition) is 5. The summed E-state index contributed by atoms with van der Waals surface area (Å²) in [6.45, 7) is 3.76. The van der Waals surface area contributed by atoms with Crippen LogP contribution in [-0.4, -0.2) is 17.5 Å². The minimum atomic E-state index is -0.680. The first-order valence-electron chi connectivity index (χ1n) is 9.07. The zero-order valence-corrected chi connectivity index (χ0v) is 15.9. The fourth-order valence-electron chi connectivity index (χ4n) is 3.82. The first-order valence-corrected chi connectivity index (χ1v) is 9.07. The average Bonchev–Trinajstić information content (AvgIpc) is 3.08. The molecule has 0 saturated heterocycles. The van der Waals surface area contributed by atoms with E-state index in [1.165, 1.54) is 6.07 Å². The van der Waals surface area contributed by atoms with Gasteiger partial charge in [-0.25, -0.2) is 4.39 Å². The van der Waals surface area contributed by atoms with Crippen LogP contribution in [-0.2, 0) is 11.2 Å². The molecule has 1 radical (unpaired) electrons. The molecule has 0 aliphatic carbocycles. The largest absolute Gasteiger partial charge is 0.491 e. The Labute approximate surface area is 166 Å². The van der Waals surface area contributed by atoms with Crippen molar-refractivity contribution in [1.29, 1.82) is 5.26 Å². The van der Waals surface area contributed by atoms with Gasteiger partial charge in [0.25, 0.3) is 5.56 Å². The first-order chi connectivity index (χ1) is 13.9. The number of pyridine rings is 1. The monoisotopic (exact) mass is 393 g/mol. The summed E-state index contributed by atoms with van der Waals surface area (Å²) in [5.41, 5.74) is 2.67. The second-order valence-electron chi connectivity index (χ2n) is 7.04. The first kappa shape index (κ1) is 18.7. The molecule has 1 aromatic heterocycles. The maximum atomic E-state index is 14.4. The minimum absolute atomic E-state index is 0.0635. The lowest BCUT2D eigenvalue weighted by atomic mass is 9.93. The van der Waals surface area contributed by atoms with Crippen LogP contribution in [0.2, 0.25) is 0 Å².